The van der Waals surface area contributed by atoms with E-state index in [0.717, 1.165) is 36.7 Å². The van der Waals surface area contributed by atoms with E-state index >= 15 is 0 Å². The second-order valence-electron chi connectivity index (χ2n) is 8.47. The number of para-hydroxylation sites is 1. The average molecular weight is 382 g/mol. The minimum atomic E-state index is -0.391. The van der Waals surface area contributed by atoms with Crippen LogP contribution in [0.15, 0.2) is 36.5 Å². The molecule has 1 saturated carbocycles. The zero-order valence-corrected chi connectivity index (χ0v) is 16.5. The van der Waals surface area contributed by atoms with E-state index < -0.39 is 6.10 Å². The number of likely N-dealkylation sites (tertiary alicyclic amines) is 1. The third kappa shape index (κ3) is 4.70. The summed E-state index contributed by atoms with van der Waals surface area (Å²) in [5, 5.41) is 14.9. The highest BCUT2D eigenvalue weighted by atomic mass is 16.3. The van der Waals surface area contributed by atoms with Crippen molar-refractivity contribution < 1.29 is 9.90 Å². The Morgan fingerprint density at radius 2 is 1.89 bits per heavy atom. The molecular formula is C23H31N3O2. The third-order valence-electron chi connectivity index (χ3n) is 6.29. The van der Waals surface area contributed by atoms with Gasteiger partial charge < -0.3 is 10.4 Å². The lowest BCUT2D eigenvalue weighted by Gasteiger charge is -2.20. The molecular weight excluding hydrogens is 350 g/mol. The van der Waals surface area contributed by atoms with Gasteiger partial charge in [0.1, 0.15) is 0 Å². The van der Waals surface area contributed by atoms with Crippen LogP contribution in [0.3, 0.4) is 0 Å². The van der Waals surface area contributed by atoms with E-state index in [9.17, 15) is 9.90 Å². The predicted molar refractivity (Wildman–Crippen MR) is 111 cm³/mol. The molecule has 1 amide bonds. The molecule has 2 fully saturated rings. The van der Waals surface area contributed by atoms with Crippen LogP contribution in [0, 0.1) is 5.92 Å². The Balaban J connectivity index is 1.33. The lowest BCUT2D eigenvalue weighted by Crippen LogP contribution is -2.41. The van der Waals surface area contributed by atoms with E-state index in [1.165, 1.54) is 31.2 Å². The zero-order valence-electron chi connectivity index (χ0n) is 16.5. The summed E-state index contributed by atoms with van der Waals surface area (Å²) in [6.07, 6.45) is 9.48. The number of aliphatic hydroxyl groups excluding tert-OH is 1. The molecule has 2 N–H and O–H groups in total. The molecule has 28 heavy (non-hydrogen) atoms. The molecule has 0 bridgehead atoms. The maximum atomic E-state index is 12.5. The van der Waals surface area contributed by atoms with Crippen LogP contribution in [0.1, 0.15) is 44.1 Å². The number of carbonyl (C=O) groups is 1. The highest BCUT2D eigenvalue weighted by molar-refractivity contribution is 5.81. The number of rotatable bonds is 5. The van der Waals surface area contributed by atoms with E-state index in [-0.39, 0.29) is 11.8 Å². The molecule has 2 atom stereocenters. The van der Waals surface area contributed by atoms with Gasteiger partial charge in [-0.05, 0) is 37.0 Å². The number of fused-ring (bicyclic) bond motifs is 1. The Morgan fingerprint density at radius 1 is 1.11 bits per heavy atom. The van der Waals surface area contributed by atoms with E-state index in [4.69, 9.17) is 0 Å². The summed E-state index contributed by atoms with van der Waals surface area (Å²) >= 11 is 0. The average Bonchev–Trinajstić information content (AvgIpc) is 2.87. The van der Waals surface area contributed by atoms with Crippen molar-refractivity contribution in [3.63, 3.8) is 0 Å². The fourth-order valence-electron chi connectivity index (χ4n) is 4.79. The van der Waals surface area contributed by atoms with E-state index in [1.54, 1.807) is 0 Å². The van der Waals surface area contributed by atoms with Crippen LogP contribution in [0.25, 0.3) is 10.9 Å². The first kappa shape index (κ1) is 19.3. The van der Waals surface area contributed by atoms with Crippen LogP contribution in [-0.2, 0) is 11.2 Å². The summed E-state index contributed by atoms with van der Waals surface area (Å²) < 4.78 is 0. The van der Waals surface area contributed by atoms with Crippen molar-refractivity contribution in [2.45, 2.75) is 57.1 Å². The number of carbonyl (C=O) groups excluding carboxylic acids is 1. The van der Waals surface area contributed by atoms with Crippen molar-refractivity contribution >= 4 is 16.8 Å². The number of aromatic nitrogens is 1. The third-order valence-corrected chi connectivity index (χ3v) is 6.29. The van der Waals surface area contributed by atoms with Crippen molar-refractivity contribution in [1.29, 1.82) is 0 Å². The molecule has 2 aromatic rings. The standard InChI is InChI=1S/C23H31N3O2/c27-22-15-26(16-23(28)25-19-7-3-1-2-4-8-19)14-18(22)13-17-11-12-24-21-10-6-5-9-20(17)21/h5-6,9-12,18-19,22,27H,1-4,7-8,13-16H2,(H,25,28)/t18-,22+/m1/s1. The van der Waals surface area contributed by atoms with Crippen LogP contribution in [0.2, 0.25) is 0 Å². The lowest BCUT2D eigenvalue weighted by atomic mass is 9.94. The zero-order chi connectivity index (χ0) is 19.3. The quantitative estimate of drug-likeness (QED) is 0.782. The molecule has 150 valence electrons. The molecule has 5 heteroatoms. The van der Waals surface area contributed by atoms with E-state index in [1.807, 2.05) is 24.4 Å². The van der Waals surface area contributed by atoms with Crippen molar-refractivity contribution in [3.05, 3.63) is 42.1 Å². The number of β-amino-alcohol motifs (C(OH)–C–C–N with tert-alkyl or cyclic N) is 1. The van der Waals surface area contributed by atoms with Crippen molar-refractivity contribution in [2.24, 2.45) is 5.92 Å². The van der Waals surface area contributed by atoms with Crippen LogP contribution >= 0.6 is 0 Å². The number of nitrogens with one attached hydrogen (secondary N) is 1. The van der Waals surface area contributed by atoms with Gasteiger partial charge in [0, 0.05) is 36.6 Å². The van der Waals surface area contributed by atoms with Gasteiger partial charge >= 0.3 is 0 Å². The minimum Gasteiger partial charge on any atom is -0.391 e. The van der Waals surface area contributed by atoms with Gasteiger partial charge in [0.15, 0.2) is 0 Å². The summed E-state index contributed by atoms with van der Waals surface area (Å²) in [4.78, 5) is 19.0. The van der Waals surface area contributed by atoms with Crippen molar-refractivity contribution in [2.75, 3.05) is 19.6 Å². The van der Waals surface area contributed by atoms with E-state index in [2.05, 4.69) is 27.3 Å². The second kappa shape index (κ2) is 9.01. The molecule has 1 aromatic heterocycles. The highest BCUT2D eigenvalue weighted by Crippen LogP contribution is 2.25. The summed E-state index contributed by atoms with van der Waals surface area (Å²) in [6.45, 7) is 1.73. The lowest BCUT2D eigenvalue weighted by molar-refractivity contribution is -0.122. The topological polar surface area (TPSA) is 65.5 Å². The molecule has 1 aliphatic heterocycles. The van der Waals surface area contributed by atoms with Gasteiger partial charge in [-0.3, -0.25) is 14.7 Å². The first-order chi connectivity index (χ1) is 13.7. The van der Waals surface area contributed by atoms with Gasteiger partial charge in [-0.25, -0.2) is 0 Å². The largest absolute Gasteiger partial charge is 0.391 e. The summed E-state index contributed by atoms with van der Waals surface area (Å²) in [6, 6.07) is 10.5. The monoisotopic (exact) mass is 381 g/mol. The molecule has 1 saturated heterocycles. The minimum absolute atomic E-state index is 0.106. The number of aliphatic hydroxyl groups is 1. The van der Waals surface area contributed by atoms with Gasteiger partial charge in [-0.1, -0.05) is 43.9 Å². The van der Waals surface area contributed by atoms with E-state index in [0.29, 0.717) is 19.1 Å². The normalized spacial score (nSPS) is 24.3. The summed E-state index contributed by atoms with van der Waals surface area (Å²) in [5.41, 5.74) is 2.21. The number of benzene rings is 1. The maximum Gasteiger partial charge on any atom is 0.234 e. The number of amides is 1. The second-order valence-corrected chi connectivity index (χ2v) is 8.47. The molecule has 2 aliphatic rings. The van der Waals surface area contributed by atoms with Crippen LogP contribution < -0.4 is 5.32 Å². The molecule has 0 spiro atoms. The molecule has 1 aliphatic carbocycles. The van der Waals surface area contributed by atoms with Gasteiger partial charge in [0.25, 0.3) is 0 Å². The number of hydrogen-bond acceptors (Lipinski definition) is 4. The molecule has 4 rings (SSSR count). The number of pyridine rings is 1. The van der Waals surface area contributed by atoms with Gasteiger partial charge in [-0.15, -0.1) is 0 Å². The molecule has 1 aromatic carbocycles. The van der Waals surface area contributed by atoms with Gasteiger partial charge in [-0.2, -0.15) is 0 Å². The van der Waals surface area contributed by atoms with Crippen LogP contribution in [0.5, 0.6) is 0 Å². The first-order valence-corrected chi connectivity index (χ1v) is 10.7. The Hall–Kier alpha value is -1.98. The van der Waals surface area contributed by atoms with Crippen molar-refractivity contribution in [3.8, 4) is 0 Å². The van der Waals surface area contributed by atoms with Crippen LogP contribution in [0.4, 0.5) is 0 Å². The molecule has 0 radical (unpaired) electrons. The van der Waals surface area contributed by atoms with Crippen LogP contribution in [-0.4, -0.2) is 52.7 Å². The predicted octanol–water partition coefficient (Wildman–Crippen LogP) is 2.91. The maximum absolute atomic E-state index is 12.5. The SMILES string of the molecule is O=C(CN1C[C@@H](Cc2ccnc3ccccc23)[C@@H](O)C1)NC1CCCCCC1. The van der Waals surface area contributed by atoms with Crippen molar-refractivity contribution in [1.82, 2.24) is 15.2 Å². The first-order valence-electron chi connectivity index (χ1n) is 10.7. The Bertz CT molecular complexity index is 796. The molecule has 2 heterocycles. The fraction of sp³-hybridized carbons (Fsp3) is 0.565. The number of nitrogens with zero attached hydrogens (tertiary/aromatic N) is 2. The fourth-order valence-corrected chi connectivity index (χ4v) is 4.79. The smallest absolute Gasteiger partial charge is 0.234 e. The Kier molecular flexibility index (Phi) is 6.23. The molecule has 5 nitrogen and oxygen atoms in total. The van der Waals surface area contributed by atoms with Gasteiger partial charge in [0.2, 0.25) is 5.91 Å². The highest BCUT2D eigenvalue weighted by Gasteiger charge is 2.32. The Labute approximate surface area is 167 Å². The number of hydrogen-bond donors (Lipinski definition) is 2. The molecule has 0 unspecified atom stereocenters. The Morgan fingerprint density at radius 3 is 2.71 bits per heavy atom. The summed E-state index contributed by atoms with van der Waals surface area (Å²) in [5.74, 6) is 0.255. The van der Waals surface area contributed by atoms with Gasteiger partial charge in [0.05, 0.1) is 18.2 Å². The summed E-state index contributed by atoms with van der Waals surface area (Å²) in [7, 11) is 0.